The van der Waals surface area contributed by atoms with Crippen LogP contribution in [0.2, 0.25) is 0 Å². The van der Waals surface area contributed by atoms with Crippen molar-refractivity contribution < 1.29 is 13.9 Å². The molecule has 2 aromatic rings. The lowest BCUT2D eigenvalue weighted by atomic mass is 9.65. The summed E-state index contributed by atoms with van der Waals surface area (Å²) in [6.45, 7) is 6.87. The van der Waals surface area contributed by atoms with Crippen LogP contribution in [0.4, 0.5) is 4.39 Å². The zero-order valence-electron chi connectivity index (χ0n) is 15.0. The molecule has 3 aliphatic heterocycles. The number of carbonyl (C=O) groups is 1. The van der Waals surface area contributed by atoms with Crippen molar-refractivity contribution in [1.82, 2.24) is 4.90 Å². The fraction of sp³-hybridized carbons (Fsp3) is 0.550. The minimum Gasteiger partial charge on any atom is -0.494 e. The van der Waals surface area contributed by atoms with Crippen LogP contribution in [0.5, 0.6) is 5.75 Å². The van der Waals surface area contributed by atoms with Gasteiger partial charge in [-0.05, 0) is 69.1 Å². The topological polar surface area (TPSA) is 29.5 Å². The lowest BCUT2D eigenvalue weighted by Crippen LogP contribution is -2.61. The fourth-order valence-corrected chi connectivity index (χ4v) is 5.76. The van der Waals surface area contributed by atoms with E-state index >= 15 is 0 Å². The van der Waals surface area contributed by atoms with Gasteiger partial charge in [-0.1, -0.05) is 0 Å². The van der Waals surface area contributed by atoms with Crippen molar-refractivity contribution >= 4 is 27.2 Å². The maximum absolute atomic E-state index is 13.9. The molecular weight excluding hydrogens is 337 g/mol. The van der Waals surface area contributed by atoms with Crippen LogP contribution < -0.4 is 4.74 Å². The molecule has 0 radical (unpaired) electrons. The van der Waals surface area contributed by atoms with Crippen LogP contribution in [0.25, 0.3) is 10.1 Å². The summed E-state index contributed by atoms with van der Waals surface area (Å²) in [7, 11) is 1.46. The maximum Gasteiger partial charge on any atom is 0.173 e. The highest BCUT2D eigenvalue weighted by molar-refractivity contribution is 7.20. The molecule has 3 saturated heterocycles. The molecule has 2 bridgehead atoms. The average Bonchev–Trinajstić information content (AvgIpc) is 3.00. The van der Waals surface area contributed by atoms with E-state index in [9.17, 15) is 9.18 Å². The third kappa shape index (κ3) is 2.77. The molecule has 5 heteroatoms. The quantitative estimate of drug-likeness (QED) is 0.737. The standard InChI is InChI=1S/C20H24FNO2S/c1-20(2)14(12-4-6-22(20)7-5-12)10-16(23)19-9-13-8-15(21)17(24-3)11-18(13)25-19/h8-9,11-12,14H,4-7,10H2,1-3H3/t14-/m1/s1. The van der Waals surface area contributed by atoms with Crippen LogP contribution in [0.15, 0.2) is 18.2 Å². The summed E-state index contributed by atoms with van der Waals surface area (Å²) >= 11 is 1.44. The fourth-order valence-electron chi connectivity index (χ4n) is 4.74. The number of benzene rings is 1. The first-order valence-corrected chi connectivity index (χ1v) is 9.77. The Morgan fingerprint density at radius 2 is 2.04 bits per heavy atom. The predicted molar refractivity (Wildman–Crippen MR) is 99.1 cm³/mol. The Balaban J connectivity index is 1.60. The SMILES string of the molecule is COc1cc2sc(C(=O)C[C@@H]3C4CCN(CC4)C3(C)C)cc2cc1F. The van der Waals surface area contributed by atoms with Crippen LogP contribution in [-0.4, -0.2) is 36.4 Å². The Morgan fingerprint density at radius 1 is 1.32 bits per heavy atom. The predicted octanol–water partition coefficient (Wildman–Crippen LogP) is 4.74. The number of ether oxygens (including phenoxy) is 1. The third-order valence-electron chi connectivity index (χ3n) is 6.30. The number of carbonyl (C=O) groups excluding carboxylic acids is 1. The number of halogens is 1. The van der Waals surface area contributed by atoms with Crippen molar-refractivity contribution in [2.75, 3.05) is 20.2 Å². The van der Waals surface area contributed by atoms with E-state index in [4.69, 9.17) is 4.74 Å². The largest absolute Gasteiger partial charge is 0.494 e. The highest BCUT2D eigenvalue weighted by Gasteiger charge is 2.47. The van der Waals surface area contributed by atoms with Crippen LogP contribution in [0.3, 0.4) is 0 Å². The van der Waals surface area contributed by atoms with Crippen molar-refractivity contribution in [2.24, 2.45) is 11.8 Å². The minimum absolute atomic E-state index is 0.0861. The van der Waals surface area contributed by atoms with E-state index in [1.165, 1.54) is 37.4 Å². The highest BCUT2D eigenvalue weighted by atomic mass is 32.1. The van der Waals surface area contributed by atoms with Gasteiger partial charge in [-0.2, -0.15) is 0 Å². The Kier molecular flexibility index (Phi) is 4.12. The lowest BCUT2D eigenvalue weighted by Gasteiger charge is -2.56. The van der Waals surface area contributed by atoms with Crippen molar-refractivity contribution in [3.8, 4) is 5.75 Å². The van der Waals surface area contributed by atoms with E-state index in [1.54, 1.807) is 6.07 Å². The Hall–Kier alpha value is -1.46. The van der Waals surface area contributed by atoms with Gasteiger partial charge >= 0.3 is 0 Å². The Labute approximate surface area is 151 Å². The number of piperidine rings is 3. The zero-order valence-corrected chi connectivity index (χ0v) is 15.8. The smallest absolute Gasteiger partial charge is 0.173 e. The van der Waals surface area contributed by atoms with E-state index < -0.39 is 0 Å². The van der Waals surface area contributed by atoms with Crippen LogP contribution in [-0.2, 0) is 0 Å². The molecule has 0 saturated carbocycles. The van der Waals surface area contributed by atoms with E-state index in [0.29, 0.717) is 18.3 Å². The zero-order chi connectivity index (χ0) is 17.8. The molecule has 5 rings (SSSR count). The molecule has 4 heterocycles. The summed E-state index contributed by atoms with van der Waals surface area (Å²) < 4.78 is 19.8. The number of nitrogens with zero attached hydrogens (tertiary/aromatic N) is 1. The number of ketones is 1. The molecular formula is C20H24FNO2S. The van der Waals surface area contributed by atoms with Crippen LogP contribution in [0, 0.1) is 17.7 Å². The molecule has 0 N–H and O–H groups in total. The normalized spacial score (nSPS) is 27.6. The highest BCUT2D eigenvalue weighted by Crippen LogP contribution is 2.46. The molecule has 3 nitrogen and oxygen atoms in total. The van der Waals surface area contributed by atoms with Gasteiger partial charge < -0.3 is 4.74 Å². The summed E-state index contributed by atoms with van der Waals surface area (Å²) in [6.07, 6.45) is 2.99. The van der Waals surface area contributed by atoms with Crippen LogP contribution >= 0.6 is 11.3 Å². The second-order valence-electron chi connectivity index (χ2n) is 7.85. The molecule has 0 amide bonds. The van der Waals surface area contributed by atoms with Gasteiger partial charge in [-0.25, -0.2) is 4.39 Å². The lowest BCUT2D eigenvalue weighted by molar-refractivity contribution is -0.0643. The molecule has 3 aliphatic rings. The first-order chi connectivity index (χ1) is 11.9. The van der Waals surface area contributed by atoms with Gasteiger partial charge in [0, 0.05) is 22.7 Å². The Bertz CT molecular complexity index is 820. The maximum atomic E-state index is 13.9. The summed E-state index contributed by atoms with van der Waals surface area (Å²) in [5.74, 6) is 1.08. The van der Waals surface area contributed by atoms with Gasteiger partial charge in [0.1, 0.15) is 0 Å². The van der Waals surface area contributed by atoms with Crippen molar-refractivity contribution in [3.05, 3.63) is 28.9 Å². The van der Waals surface area contributed by atoms with Gasteiger partial charge in [0.15, 0.2) is 17.3 Å². The molecule has 0 spiro atoms. The van der Waals surface area contributed by atoms with Crippen molar-refractivity contribution in [1.29, 1.82) is 0 Å². The number of thiophene rings is 1. The number of fused-ring (bicyclic) bond motifs is 4. The van der Waals surface area contributed by atoms with E-state index in [0.717, 1.165) is 28.1 Å². The summed E-state index contributed by atoms with van der Waals surface area (Å²) in [5.41, 5.74) is 0.0861. The molecule has 1 atom stereocenters. The average molecular weight is 361 g/mol. The first-order valence-electron chi connectivity index (χ1n) is 8.95. The van der Waals surface area contributed by atoms with Gasteiger partial charge in [0.2, 0.25) is 0 Å². The van der Waals surface area contributed by atoms with Crippen molar-refractivity contribution in [2.45, 2.75) is 38.6 Å². The number of hydrogen-bond donors (Lipinski definition) is 0. The van der Waals surface area contributed by atoms with Gasteiger partial charge in [-0.3, -0.25) is 9.69 Å². The monoisotopic (exact) mass is 361 g/mol. The van der Waals surface area contributed by atoms with Gasteiger partial charge in [0.25, 0.3) is 0 Å². The summed E-state index contributed by atoms with van der Waals surface area (Å²) in [5, 5.41) is 0.778. The molecule has 134 valence electrons. The third-order valence-corrected chi connectivity index (χ3v) is 7.44. The number of hydrogen-bond acceptors (Lipinski definition) is 4. The summed E-state index contributed by atoms with van der Waals surface area (Å²) in [4.78, 5) is 16.2. The number of rotatable bonds is 4. The van der Waals surface area contributed by atoms with Gasteiger partial charge in [-0.15, -0.1) is 11.3 Å². The van der Waals surface area contributed by atoms with Crippen LogP contribution in [0.1, 0.15) is 42.8 Å². The van der Waals surface area contributed by atoms with E-state index in [1.807, 2.05) is 6.07 Å². The molecule has 1 aromatic heterocycles. The van der Waals surface area contributed by atoms with E-state index in [2.05, 4.69) is 18.7 Å². The first kappa shape index (κ1) is 17.0. The van der Waals surface area contributed by atoms with Gasteiger partial charge in [0.05, 0.1) is 12.0 Å². The second kappa shape index (κ2) is 6.06. The molecule has 3 fully saturated rings. The Morgan fingerprint density at radius 3 is 2.68 bits per heavy atom. The van der Waals surface area contributed by atoms with E-state index in [-0.39, 0.29) is 22.9 Å². The molecule has 25 heavy (non-hydrogen) atoms. The summed E-state index contributed by atoms with van der Waals surface area (Å²) in [6, 6.07) is 4.98. The molecule has 1 aromatic carbocycles. The molecule has 0 unspecified atom stereocenters. The van der Waals surface area contributed by atoms with Crippen molar-refractivity contribution in [3.63, 3.8) is 0 Å². The minimum atomic E-state index is -0.384. The molecule has 0 aliphatic carbocycles. The number of methoxy groups -OCH3 is 1. The number of Topliss-reactive ketones (excluding diaryl/α,β-unsaturated/α-hetero) is 1. The second-order valence-corrected chi connectivity index (χ2v) is 8.93.